The van der Waals surface area contributed by atoms with Crippen LogP contribution in [0.4, 0.5) is 8.78 Å². The molecule has 0 heterocycles. The zero-order valence-electron chi connectivity index (χ0n) is 10.4. The van der Waals surface area contributed by atoms with Gasteiger partial charge < -0.3 is 5.32 Å². The van der Waals surface area contributed by atoms with Crippen molar-refractivity contribution in [2.24, 2.45) is 5.92 Å². The van der Waals surface area contributed by atoms with E-state index in [2.05, 4.69) is 5.32 Å². The number of halogens is 2. The lowest BCUT2D eigenvalue weighted by atomic mass is 9.80. The Morgan fingerprint density at radius 3 is 2.50 bits per heavy atom. The lowest BCUT2D eigenvalue weighted by molar-refractivity contribution is -0.121. The standard InChI is InChI=1S/C14H17F2NO/c1-17-14(9-2-5-11(18)6-3-9)12-7-4-10(15)8-13(12)16/h4,7-9,14,17H,2-3,5-6H2,1H3. The van der Waals surface area contributed by atoms with Gasteiger partial charge in [-0.1, -0.05) is 6.07 Å². The summed E-state index contributed by atoms with van der Waals surface area (Å²) in [7, 11) is 1.77. The molecule has 18 heavy (non-hydrogen) atoms. The van der Waals surface area contributed by atoms with Gasteiger partial charge in [0.05, 0.1) is 0 Å². The number of hydrogen-bond acceptors (Lipinski definition) is 2. The third-order valence-corrected chi connectivity index (χ3v) is 3.67. The Kier molecular flexibility index (Phi) is 4.07. The second-order valence-electron chi connectivity index (χ2n) is 4.81. The zero-order valence-corrected chi connectivity index (χ0v) is 10.4. The molecule has 0 amide bonds. The van der Waals surface area contributed by atoms with Crippen molar-refractivity contribution in [1.82, 2.24) is 5.32 Å². The average Bonchev–Trinajstić information content (AvgIpc) is 2.35. The van der Waals surface area contributed by atoms with Gasteiger partial charge in [0.1, 0.15) is 17.4 Å². The lowest BCUT2D eigenvalue weighted by Crippen LogP contribution is -2.29. The molecular weight excluding hydrogens is 236 g/mol. The number of nitrogens with one attached hydrogen (secondary N) is 1. The lowest BCUT2D eigenvalue weighted by Gasteiger charge is -2.30. The highest BCUT2D eigenvalue weighted by atomic mass is 19.1. The number of benzene rings is 1. The predicted octanol–water partition coefficient (Wildman–Crippen LogP) is 2.98. The van der Waals surface area contributed by atoms with Crippen LogP contribution >= 0.6 is 0 Å². The number of rotatable bonds is 3. The first-order chi connectivity index (χ1) is 8.61. The Hall–Kier alpha value is -1.29. The van der Waals surface area contributed by atoms with Gasteiger partial charge in [-0.3, -0.25) is 4.79 Å². The van der Waals surface area contributed by atoms with Crippen LogP contribution < -0.4 is 5.32 Å². The maximum Gasteiger partial charge on any atom is 0.132 e. The number of Topliss-reactive ketones (excluding diaryl/α,β-unsaturated/α-hetero) is 1. The van der Waals surface area contributed by atoms with Gasteiger partial charge in [0, 0.05) is 30.5 Å². The second kappa shape index (κ2) is 5.57. The van der Waals surface area contributed by atoms with E-state index in [1.54, 1.807) is 7.05 Å². The Labute approximate surface area is 105 Å². The Morgan fingerprint density at radius 1 is 1.28 bits per heavy atom. The minimum Gasteiger partial charge on any atom is -0.313 e. The van der Waals surface area contributed by atoms with Gasteiger partial charge in [0.15, 0.2) is 0 Å². The minimum atomic E-state index is -0.565. The molecule has 1 aliphatic carbocycles. The highest BCUT2D eigenvalue weighted by molar-refractivity contribution is 5.79. The van der Waals surface area contributed by atoms with Gasteiger partial charge in [-0.2, -0.15) is 0 Å². The van der Waals surface area contributed by atoms with E-state index in [0.717, 1.165) is 18.9 Å². The van der Waals surface area contributed by atoms with Gasteiger partial charge in [0.2, 0.25) is 0 Å². The van der Waals surface area contributed by atoms with Crippen LogP contribution in [0.15, 0.2) is 18.2 Å². The van der Waals surface area contributed by atoms with Gasteiger partial charge in [0.25, 0.3) is 0 Å². The van der Waals surface area contributed by atoms with Crippen molar-refractivity contribution in [1.29, 1.82) is 0 Å². The van der Waals surface area contributed by atoms with Gasteiger partial charge in [-0.15, -0.1) is 0 Å². The van der Waals surface area contributed by atoms with E-state index in [9.17, 15) is 13.6 Å². The van der Waals surface area contributed by atoms with E-state index in [1.165, 1.54) is 12.1 Å². The SMILES string of the molecule is CNC(c1ccc(F)cc1F)C1CCC(=O)CC1. The van der Waals surface area contributed by atoms with Gasteiger partial charge in [-0.25, -0.2) is 8.78 Å². The van der Waals surface area contributed by atoms with Gasteiger partial charge in [-0.05, 0) is 31.9 Å². The van der Waals surface area contributed by atoms with E-state index < -0.39 is 11.6 Å². The molecule has 0 bridgehead atoms. The molecule has 0 radical (unpaired) electrons. The summed E-state index contributed by atoms with van der Waals surface area (Å²) in [5, 5.41) is 3.09. The molecule has 1 fully saturated rings. The zero-order chi connectivity index (χ0) is 13.1. The molecular formula is C14H17F2NO. The fourth-order valence-corrected chi connectivity index (χ4v) is 2.69. The Bertz CT molecular complexity index is 437. The molecule has 0 aromatic heterocycles. The third kappa shape index (κ3) is 2.75. The van der Waals surface area contributed by atoms with E-state index in [0.29, 0.717) is 18.4 Å². The van der Waals surface area contributed by atoms with Crippen molar-refractivity contribution in [3.8, 4) is 0 Å². The normalized spacial score (nSPS) is 18.9. The molecule has 0 spiro atoms. The first kappa shape index (κ1) is 13.1. The Morgan fingerprint density at radius 2 is 1.94 bits per heavy atom. The van der Waals surface area contributed by atoms with Crippen LogP contribution in [0.25, 0.3) is 0 Å². The summed E-state index contributed by atoms with van der Waals surface area (Å²) in [5.41, 5.74) is 0.484. The number of ketones is 1. The third-order valence-electron chi connectivity index (χ3n) is 3.67. The molecule has 4 heteroatoms. The average molecular weight is 253 g/mol. The van der Waals surface area contributed by atoms with E-state index in [-0.39, 0.29) is 17.7 Å². The smallest absolute Gasteiger partial charge is 0.132 e. The minimum absolute atomic E-state index is 0.154. The van der Waals surface area contributed by atoms with E-state index >= 15 is 0 Å². The molecule has 1 atom stereocenters. The summed E-state index contributed by atoms with van der Waals surface area (Å²) < 4.78 is 26.7. The van der Waals surface area contributed by atoms with Crippen LogP contribution in [0.3, 0.4) is 0 Å². The fourth-order valence-electron chi connectivity index (χ4n) is 2.69. The van der Waals surface area contributed by atoms with Crippen LogP contribution in [-0.4, -0.2) is 12.8 Å². The van der Waals surface area contributed by atoms with E-state index in [4.69, 9.17) is 0 Å². The van der Waals surface area contributed by atoms with Crippen LogP contribution in [0.1, 0.15) is 37.3 Å². The molecule has 2 rings (SSSR count). The maximum atomic E-state index is 13.8. The van der Waals surface area contributed by atoms with Crippen LogP contribution in [0.5, 0.6) is 0 Å². The first-order valence-corrected chi connectivity index (χ1v) is 6.25. The first-order valence-electron chi connectivity index (χ1n) is 6.25. The van der Waals surface area contributed by atoms with Crippen molar-refractivity contribution in [3.63, 3.8) is 0 Å². The van der Waals surface area contributed by atoms with Crippen molar-refractivity contribution >= 4 is 5.78 Å². The van der Waals surface area contributed by atoms with Crippen molar-refractivity contribution in [2.75, 3.05) is 7.05 Å². The van der Waals surface area contributed by atoms with Gasteiger partial charge >= 0.3 is 0 Å². The Balaban J connectivity index is 2.19. The maximum absolute atomic E-state index is 13.8. The summed E-state index contributed by atoms with van der Waals surface area (Å²) in [6.07, 6.45) is 2.65. The number of hydrogen-bond donors (Lipinski definition) is 1. The molecule has 1 N–H and O–H groups in total. The summed E-state index contributed by atoms with van der Waals surface area (Å²) in [5.74, 6) is -0.579. The highest BCUT2D eigenvalue weighted by Gasteiger charge is 2.28. The van der Waals surface area contributed by atoms with Crippen molar-refractivity contribution < 1.29 is 13.6 Å². The molecule has 1 aromatic carbocycles. The quantitative estimate of drug-likeness (QED) is 0.897. The van der Waals surface area contributed by atoms with Crippen LogP contribution in [0.2, 0.25) is 0 Å². The number of carbonyl (C=O) groups excluding carboxylic acids is 1. The molecule has 1 aliphatic rings. The predicted molar refractivity (Wildman–Crippen MR) is 65.1 cm³/mol. The van der Waals surface area contributed by atoms with Crippen LogP contribution in [-0.2, 0) is 4.79 Å². The molecule has 1 unspecified atom stereocenters. The summed E-state index contributed by atoms with van der Waals surface area (Å²) in [6, 6.07) is 3.52. The van der Waals surface area contributed by atoms with Crippen LogP contribution in [0, 0.1) is 17.6 Å². The summed E-state index contributed by atoms with van der Waals surface area (Å²) in [6.45, 7) is 0. The molecule has 0 saturated heterocycles. The molecule has 0 aliphatic heterocycles. The molecule has 1 aromatic rings. The summed E-state index contributed by atoms with van der Waals surface area (Å²) >= 11 is 0. The highest BCUT2D eigenvalue weighted by Crippen LogP contribution is 2.34. The molecule has 1 saturated carbocycles. The van der Waals surface area contributed by atoms with Crippen molar-refractivity contribution in [2.45, 2.75) is 31.7 Å². The van der Waals surface area contributed by atoms with Crippen molar-refractivity contribution in [3.05, 3.63) is 35.4 Å². The topological polar surface area (TPSA) is 29.1 Å². The monoisotopic (exact) mass is 253 g/mol. The van der Waals surface area contributed by atoms with E-state index in [1.807, 2.05) is 0 Å². The molecule has 2 nitrogen and oxygen atoms in total. The largest absolute Gasteiger partial charge is 0.313 e. The second-order valence-corrected chi connectivity index (χ2v) is 4.81. The molecule has 98 valence electrons. The summed E-state index contributed by atoms with van der Waals surface area (Å²) in [4.78, 5) is 11.2. The fraction of sp³-hybridized carbons (Fsp3) is 0.500. The number of carbonyl (C=O) groups is 1.